The number of hydrogen-bond donors (Lipinski definition) is 0. The van der Waals surface area contributed by atoms with Crippen molar-refractivity contribution in [3.63, 3.8) is 0 Å². The average molecular weight is 184 g/mol. The summed E-state index contributed by atoms with van der Waals surface area (Å²) in [5.74, 6) is 0. The molecule has 1 atom stereocenters. The van der Waals surface area contributed by atoms with Crippen molar-refractivity contribution in [1.82, 2.24) is 0 Å². The zero-order chi connectivity index (χ0) is 8.44. The summed E-state index contributed by atoms with van der Waals surface area (Å²) in [6.45, 7) is 3.54. The maximum absolute atomic E-state index is 6.09. The topological polar surface area (TPSA) is 9.23 Å². The van der Waals surface area contributed by atoms with Crippen LogP contribution in [0, 0.1) is 0 Å². The van der Waals surface area contributed by atoms with E-state index in [4.69, 9.17) is 4.43 Å². The van der Waals surface area contributed by atoms with Gasteiger partial charge in [-0.1, -0.05) is 32.1 Å². The van der Waals surface area contributed by atoms with E-state index in [1.54, 1.807) is 0 Å². The van der Waals surface area contributed by atoms with E-state index in [1.165, 1.54) is 44.6 Å². The van der Waals surface area contributed by atoms with E-state index in [9.17, 15) is 0 Å². The minimum absolute atomic E-state index is 1.01. The lowest BCUT2D eigenvalue weighted by molar-refractivity contribution is 0.261. The first-order chi connectivity index (χ1) is 5.81. The molecule has 12 heavy (non-hydrogen) atoms. The van der Waals surface area contributed by atoms with E-state index in [0.29, 0.717) is 0 Å². The second-order valence-corrected chi connectivity index (χ2v) is 8.83. The van der Waals surface area contributed by atoms with E-state index in [0.717, 1.165) is 12.1 Å². The average Bonchev–Trinajstić information content (AvgIpc) is 2.58. The molecule has 2 heteroatoms. The first kappa shape index (κ1) is 8.76. The molecule has 70 valence electrons. The molecular formula is C10H20OSi. The Labute approximate surface area is 76.6 Å². The zero-order valence-corrected chi connectivity index (χ0v) is 9.14. The molecule has 1 saturated carbocycles. The van der Waals surface area contributed by atoms with Crippen LogP contribution in [0.1, 0.15) is 38.5 Å². The van der Waals surface area contributed by atoms with Crippen LogP contribution in [0.4, 0.5) is 0 Å². The Kier molecular flexibility index (Phi) is 2.56. The Morgan fingerprint density at radius 3 is 2.42 bits per heavy atom. The van der Waals surface area contributed by atoms with Gasteiger partial charge in [-0.2, -0.15) is 0 Å². The van der Waals surface area contributed by atoms with Crippen molar-refractivity contribution in [3.8, 4) is 0 Å². The van der Waals surface area contributed by atoms with Gasteiger partial charge in [-0.3, -0.25) is 0 Å². The summed E-state index contributed by atoms with van der Waals surface area (Å²) < 4.78 is 6.09. The largest absolute Gasteiger partial charge is 0.417 e. The summed E-state index contributed by atoms with van der Waals surface area (Å²) >= 11 is 0. The standard InChI is InChI=1S/C10H20OSi/c1-12(9-5-4-8-11-12)10-6-2-3-7-10/h10H,2-9H2,1H3. The molecule has 0 N–H and O–H groups in total. The van der Waals surface area contributed by atoms with Crippen LogP contribution in [-0.4, -0.2) is 14.9 Å². The second kappa shape index (κ2) is 3.50. The van der Waals surface area contributed by atoms with E-state index in [-0.39, 0.29) is 0 Å². The van der Waals surface area contributed by atoms with Gasteiger partial charge in [0.25, 0.3) is 0 Å². The third-order valence-electron chi connectivity index (χ3n) is 3.72. The third kappa shape index (κ3) is 1.60. The van der Waals surface area contributed by atoms with E-state index in [2.05, 4.69) is 6.55 Å². The van der Waals surface area contributed by atoms with Crippen LogP contribution < -0.4 is 0 Å². The normalized spacial score (nSPS) is 38.8. The van der Waals surface area contributed by atoms with Gasteiger partial charge in [-0.25, -0.2) is 0 Å². The fraction of sp³-hybridized carbons (Fsp3) is 1.00. The molecule has 1 aliphatic heterocycles. The Hall–Kier alpha value is 0.177. The van der Waals surface area contributed by atoms with Gasteiger partial charge >= 0.3 is 0 Å². The molecule has 0 aromatic heterocycles. The maximum Gasteiger partial charge on any atom is 0.192 e. The molecule has 0 spiro atoms. The predicted molar refractivity (Wildman–Crippen MR) is 53.8 cm³/mol. The smallest absolute Gasteiger partial charge is 0.192 e. The van der Waals surface area contributed by atoms with Gasteiger partial charge in [0.15, 0.2) is 8.32 Å². The molecule has 0 aromatic rings. The minimum Gasteiger partial charge on any atom is -0.417 e. The predicted octanol–water partition coefficient (Wildman–Crippen LogP) is 3.32. The first-order valence-electron chi connectivity index (χ1n) is 5.45. The van der Waals surface area contributed by atoms with Crippen molar-refractivity contribution in [2.75, 3.05) is 6.61 Å². The molecule has 2 rings (SSSR count). The highest BCUT2D eigenvalue weighted by atomic mass is 28.4. The van der Waals surface area contributed by atoms with E-state index < -0.39 is 8.32 Å². The molecule has 2 fully saturated rings. The third-order valence-corrected chi connectivity index (χ3v) is 8.23. The van der Waals surface area contributed by atoms with Gasteiger partial charge in [0.1, 0.15) is 0 Å². The molecule has 1 heterocycles. The van der Waals surface area contributed by atoms with Crippen LogP contribution in [0.5, 0.6) is 0 Å². The zero-order valence-electron chi connectivity index (χ0n) is 8.14. The van der Waals surface area contributed by atoms with Crippen LogP contribution in [0.3, 0.4) is 0 Å². The number of rotatable bonds is 1. The molecule has 2 aliphatic rings. The molecule has 0 aromatic carbocycles. The van der Waals surface area contributed by atoms with Crippen molar-refractivity contribution < 1.29 is 4.43 Å². The second-order valence-electron chi connectivity index (χ2n) is 4.60. The molecular weight excluding hydrogens is 164 g/mol. The lowest BCUT2D eigenvalue weighted by Crippen LogP contribution is -2.41. The van der Waals surface area contributed by atoms with Gasteiger partial charge in [0, 0.05) is 6.61 Å². The van der Waals surface area contributed by atoms with Crippen molar-refractivity contribution in [1.29, 1.82) is 0 Å². The minimum atomic E-state index is -1.20. The lowest BCUT2D eigenvalue weighted by Gasteiger charge is -2.36. The summed E-state index contributed by atoms with van der Waals surface area (Å²) in [7, 11) is -1.20. The fourth-order valence-corrected chi connectivity index (χ4v) is 6.79. The van der Waals surface area contributed by atoms with E-state index in [1.807, 2.05) is 0 Å². The molecule has 0 bridgehead atoms. The first-order valence-corrected chi connectivity index (χ1v) is 8.14. The molecule has 0 amide bonds. The van der Waals surface area contributed by atoms with Crippen molar-refractivity contribution in [2.24, 2.45) is 0 Å². The Morgan fingerprint density at radius 1 is 1.08 bits per heavy atom. The summed E-state index contributed by atoms with van der Waals surface area (Å²) in [5.41, 5.74) is 1.01. The van der Waals surface area contributed by atoms with E-state index >= 15 is 0 Å². The summed E-state index contributed by atoms with van der Waals surface area (Å²) in [5, 5.41) is 0. The number of hydrogen-bond acceptors (Lipinski definition) is 1. The van der Waals surface area contributed by atoms with Crippen molar-refractivity contribution >= 4 is 8.32 Å². The van der Waals surface area contributed by atoms with Crippen molar-refractivity contribution in [3.05, 3.63) is 0 Å². The van der Waals surface area contributed by atoms with Crippen LogP contribution in [-0.2, 0) is 4.43 Å². The molecule has 1 nitrogen and oxygen atoms in total. The highest BCUT2D eigenvalue weighted by molar-refractivity contribution is 6.74. The summed E-state index contributed by atoms with van der Waals surface area (Å²) in [6.07, 6.45) is 8.65. The maximum atomic E-state index is 6.09. The highest BCUT2D eigenvalue weighted by Crippen LogP contribution is 2.43. The van der Waals surface area contributed by atoms with Crippen molar-refractivity contribution in [2.45, 2.75) is 56.7 Å². The summed E-state index contributed by atoms with van der Waals surface area (Å²) in [6, 6.07) is 1.44. The Morgan fingerprint density at radius 2 is 1.83 bits per heavy atom. The van der Waals surface area contributed by atoms with Crippen LogP contribution in [0.2, 0.25) is 18.1 Å². The lowest BCUT2D eigenvalue weighted by atomic mass is 10.3. The van der Waals surface area contributed by atoms with Gasteiger partial charge in [-0.15, -0.1) is 0 Å². The summed E-state index contributed by atoms with van der Waals surface area (Å²) in [4.78, 5) is 0. The van der Waals surface area contributed by atoms with Crippen LogP contribution >= 0.6 is 0 Å². The highest BCUT2D eigenvalue weighted by Gasteiger charge is 2.40. The van der Waals surface area contributed by atoms with Gasteiger partial charge in [0.2, 0.25) is 0 Å². The Bertz CT molecular complexity index is 146. The Balaban J connectivity index is 1.97. The molecule has 0 radical (unpaired) electrons. The quantitative estimate of drug-likeness (QED) is 0.568. The van der Waals surface area contributed by atoms with Gasteiger partial charge < -0.3 is 4.43 Å². The van der Waals surface area contributed by atoms with Gasteiger partial charge in [-0.05, 0) is 24.6 Å². The molecule has 1 saturated heterocycles. The molecule has 1 aliphatic carbocycles. The van der Waals surface area contributed by atoms with Gasteiger partial charge in [0.05, 0.1) is 0 Å². The monoisotopic (exact) mass is 184 g/mol. The SMILES string of the molecule is C[Si]1(C2CCCC2)CCCCO1. The van der Waals surface area contributed by atoms with Crippen LogP contribution in [0.25, 0.3) is 0 Å². The van der Waals surface area contributed by atoms with Crippen LogP contribution in [0.15, 0.2) is 0 Å². The fourth-order valence-electron chi connectivity index (χ4n) is 2.81. The molecule has 1 unspecified atom stereocenters.